The molecule has 1 aliphatic carbocycles. The van der Waals surface area contributed by atoms with E-state index in [1.54, 1.807) is 0 Å². The normalized spacial score (nSPS) is 27.5. The summed E-state index contributed by atoms with van der Waals surface area (Å²) in [6, 6.07) is 0. The Morgan fingerprint density at radius 3 is 2.82 bits per heavy atom. The van der Waals surface area contributed by atoms with Crippen LogP contribution < -0.4 is 0 Å². The molecule has 11 heavy (non-hydrogen) atoms. The van der Waals surface area contributed by atoms with Gasteiger partial charge in [-0.1, -0.05) is 17.7 Å². The molecule has 0 fully saturated rings. The van der Waals surface area contributed by atoms with E-state index < -0.39 is 0 Å². The predicted molar refractivity (Wildman–Crippen MR) is 46.9 cm³/mol. The van der Waals surface area contributed by atoms with Gasteiger partial charge in [-0.05, 0) is 19.9 Å². The minimum absolute atomic E-state index is 0.361. The molecule has 56 valence electrons. The number of hydrogen-bond donors (Lipinski definition) is 0. The molecule has 1 heterocycles. The largest absolute Gasteiger partial charge is 0.159 e. The van der Waals surface area contributed by atoms with E-state index in [2.05, 4.69) is 29.3 Å². The minimum atomic E-state index is 0.361. The van der Waals surface area contributed by atoms with Crippen molar-refractivity contribution in [2.75, 3.05) is 0 Å². The zero-order chi connectivity index (χ0) is 7.84. The Hall–Kier alpha value is -1.18. The summed E-state index contributed by atoms with van der Waals surface area (Å²) in [5.74, 6) is 0.361. The van der Waals surface area contributed by atoms with Crippen LogP contribution in [0.1, 0.15) is 13.8 Å². The summed E-state index contributed by atoms with van der Waals surface area (Å²) in [6.45, 7) is 4.11. The molecule has 0 aromatic heterocycles. The lowest BCUT2D eigenvalue weighted by molar-refractivity contribution is 1.19. The summed E-state index contributed by atoms with van der Waals surface area (Å²) in [4.78, 5) is 0. The van der Waals surface area contributed by atoms with Crippen LogP contribution in [0.4, 0.5) is 0 Å². The molecule has 0 aromatic carbocycles. The first-order chi connectivity index (χ1) is 5.27. The highest BCUT2D eigenvalue weighted by molar-refractivity contribution is 6.16. The van der Waals surface area contributed by atoms with Gasteiger partial charge >= 0.3 is 0 Å². The van der Waals surface area contributed by atoms with E-state index in [9.17, 15) is 0 Å². The van der Waals surface area contributed by atoms with Gasteiger partial charge in [0, 0.05) is 0 Å². The molecule has 1 aliphatic heterocycles. The van der Waals surface area contributed by atoms with Crippen molar-refractivity contribution in [1.29, 1.82) is 0 Å². The quantitative estimate of drug-likeness (QED) is 0.499. The van der Waals surface area contributed by atoms with Crippen LogP contribution in [0.25, 0.3) is 0 Å². The summed E-state index contributed by atoms with van der Waals surface area (Å²) < 4.78 is 0. The third kappa shape index (κ3) is 0.946. The highest BCUT2D eigenvalue weighted by Gasteiger charge is 2.21. The molecule has 0 N–H and O–H groups in total. The molecule has 2 aliphatic rings. The zero-order valence-electron chi connectivity index (χ0n) is 6.70. The van der Waals surface area contributed by atoms with Gasteiger partial charge in [0.1, 0.15) is 0 Å². The lowest BCUT2D eigenvalue weighted by atomic mass is 9.92. The van der Waals surface area contributed by atoms with Crippen molar-refractivity contribution in [1.82, 2.24) is 0 Å². The maximum absolute atomic E-state index is 4.05. The average Bonchev–Trinajstić information content (AvgIpc) is 2.33. The van der Waals surface area contributed by atoms with Gasteiger partial charge in [-0.2, -0.15) is 10.2 Å². The SMILES string of the molecule is CC1=CC2C(C)=NN=C2C=C1. The van der Waals surface area contributed by atoms with Crippen LogP contribution in [-0.4, -0.2) is 11.4 Å². The zero-order valence-corrected chi connectivity index (χ0v) is 6.70. The maximum atomic E-state index is 4.05. The highest BCUT2D eigenvalue weighted by Crippen LogP contribution is 2.20. The van der Waals surface area contributed by atoms with Crippen LogP contribution in [0, 0.1) is 5.92 Å². The highest BCUT2D eigenvalue weighted by atomic mass is 15.2. The second-order valence-electron chi connectivity index (χ2n) is 2.99. The Kier molecular flexibility index (Phi) is 1.28. The molecule has 1 atom stereocenters. The Bertz CT molecular complexity index is 306. The van der Waals surface area contributed by atoms with Crippen molar-refractivity contribution in [3.05, 3.63) is 23.8 Å². The van der Waals surface area contributed by atoms with Gasteiger partial charge in [0.2, 0.25) is 0 Å². The van der Waals surface area contributed by atoms with Crippen molar-refractivity contribution < 1.29 is 0 Å². The van der Waals surface area contributed by atoms with Crippen LogP contribution in [0.5, 0.6) is 0 Å². The van der Waals surface area contributed by atoms with Crippen LogP contribution in [0.15, 0.2) is 34.0 Å². The first-order valence-electron chi connectivity index (χ1n) is 3.76. The van der Waals surface area contributed by atoms with Gasteiger partial charge in [0.15, 0.2) is 0 Å². The summed E-state index contributed by atoms with van der Waals surface area (Å²) in [5, 5.41) is 8.07. The average molecular weight is 146 g/mol. The van der Waals surface area contributed by atoms with E-state index in [0.717, 1.165) is 11.4 Å². The van der Waals surface area contributed by atoms with Gasteiger partial charge in [-0.15, -0.1) is 0 Å². The van der Waals surface area contributed by atoms with E-state index >= 15 is 0 Å². The molecule has 0 radical (unpaired) electrons. The van der Waals surface area contributed by atoms with Gasteiger partial charge < -0.3 is 0 Å². The molecule has 0 saturated heterocycles. The van der Waals surface area contributed by atoms with Gasteiger partial charge in [-0.25, -0.2) is 0 Å². The lowest BCUT2D eigenvalue weighted by Gasteiger charge is -2.10. The molecule has 0 amide bonds. The molecular formula is C9H10N2. The van der Waals surface area contributed by atoms with Gasteiger partial charge in [0.05, 0.1) is 17.3 Å². The Balaban J connectivity index is 2.39. The summed E-state index contributed by atoms with van der Waals surface area (Å²) in [5.41, 5.74) is 3.47. The molecule has 0 saturated carbocycles. The van der Waals surface area contributed by atoms with E-state index in [1.165, 1.54) is 5.57 Å². The Labute approximate surface area is 66.0 Å². The third-order valence-electron chi connectivity index (χ3n) is 2.04. The molecule has 2 rings (SSSR count). The summed E-state index contributed by atoms with van der Waals surface area (Å²) in [7, 11) is 0. The molecule has 0 aromatic rings. The second-order valence-corrected chi connectivity index (χ2v) is 2.99. The molecular weight excluding hydrogens is 136 g/mol. The fourth-order valence-electron chi connectivity index (χ4n) is 1.35. The van der Waals surface area contributed by atoms with Crippen molar-refractivity contribution >= 4 is 11.4 Å². The topological polar surface area (TPSA) is 24.7 Å². The molecule has 1 unspecified atom stereocenters. The fraction of sp³-hybridized carbons (Fsp3) is 0.333. The van der Waals surface area contributed by atoms with E-state index in [4.69, 9.17) is 0 Å². The molecule has 0 spiro atoms. The fourth-order valence-corrected chi connectivity index (χ4v) is 1.35. The van der Waals surface area contributed by atoms with Crippen LogP contribution in [0.3, 0.4) is 0 Å². The standard InChI is InChI=1S/C9H10N2/c1-6-3-4-9-8(5-6)7(2)10-11-9/h3-5,8H,1-2H3. The number of hydrogen-bond acceptors (Lipinski definition) is 2. The summed E-state index contributed by atoms with van der Waals surface area (Å²) >= 11 is 0. The third-order valence-corrected chi connectivity index (χ3v) is 2.04. The first kappa shape index (κ1) is 6.53. The van der Waals surface area contributed by atoms with Crippen LogP contribution in [-0.2, 0) is 0 Å². The predicted octanol–water partition coefficient (Wildman–Crippen LogP) is 1.95. The Morgan fingerprint density at radius 1 is 1.18 bits per heavy atom. The van der Waals surface area contributed by atoms with Gasteiger partial charge in [0.25, 0.3) is 0 Å². The Morgan fingerprint density at radius 2 is 2.00 bits per heavy atom. The number of fused-ring (bicyclic) bond motifs is 1. The maximum Gasteiger partial charge on any atom is 0.0756 e. The van der Waals surface area contributed by atoms with E-state index in [-0.39, 0.29) is 0 Å². The first-order valence-corrected chi connectivity index (χ1v) is 3.76. The smallest absolute Gasteiger partial charge is 0.0756 e. The lowest BCUT2D eigenvalue weighted by Crippen LogP contribution is -2.16. The van der Waals surface area contributed by atoms with Crippen molar-refractivity contribution in [2.24, 2.45) is 16.1 Å². The summed E-state index contributed by atoms with van der Waals surface area (Å²) in [6.07, 6.45) is 6.31. The van der Waals surface area contributed by atoms with Gasteiger partial charge in [-0.3, -0.25) is 0 Å². The van der Waals surface area contributed by atoms with Crippen LogP contribution in [0.2, 0.25) is 0 Å². The molecule has 2 nitrogen and oxygen atoms in total. The minimum Gasteiger partial charge on any atom is -0.159 e. The van der Waals surface area contributed by atoms with Crippen molar-refractivity contribution in [2.45, 2.75) is 13.8 Å². The van der Waals surface area contributed by atoms with Crippen molar-refractivity contribution in [3.63, 3.8) is 0 Å². The van der Waals surface area contributed by atoms with E-state index in [0.29, 0.717) is 5.92 Å². The van der Waals surface area contributed by atoms with E-state index in [1.807, 2.05) is 13.0 Å². The molecule has 0 bridgehead atoms. The number of allylic oxidation sites excluding steroid dienone is 4. The number of rotatable bonds is 0. The van der Waals surface area contributed by atoms with Crippen molar-refractivity contribution in [3.8, 4) is 0 Å². The second kappa shape index (κ2) is 2.16. The monoisotopic (exact) mass is 146 g/mol. The van der Waals surface area contributed by atoms with Crippen LogP contribution >= 0.6 is 0 Å². The number of nitrogens with zero attached hydrogens (tertiary/aromatic N) is 2. The molecule has 2 heteroatoms.